The Labute approximate surface area is 218 Å². The SMILES string of the molecule is COC(=O)c1cc(COC=O)cc(OCc2ccco2)c1.OCc1cc(CO)cc(OCc2ccco2)c1. The van der Waals surface area contributed by atoms with Gasteiger partial charge in [-0.05, 0) is 71.3 Å². The van der Waals surface area contributed by atoms with Gasteiger partial charge >= 0.3 is 5.97 Å². The number of rotatable bonds is 12. The number of hydrogen-bond acceptors (Lipinski definition) is 10. The number of esters is 1. The molecule has 0 saturated heterocycles. The van der Waals surface area contributed by atoms with Crippen LogP contribution in [-0.4, -0.2) is 29.8 Å². The summed E-state index contributed by atoms with van der Waals surface area (Å²) in [4.78, 5) is 21.9. The molecule has 4 aromatic rings. The van der Waals surface area contributed by atoms with Crippen LogP contribution in [0, 0.1) is 0 Å². The molecule has 2 aromatic heterocycles. The van der Waals surface area contributed by atoms with Crippen LogP contribution in [0.5, 0.6) is 11.5 Å². The second kappa shape index (κ2) is 14.9. The van der Waals surface area contributed by atoms with E-state index in [0.29, 0.717) is 52.6 Å². The van der Waals surface area contributed by atoms with E-state index in [1.54, 1.807) is 67.1 Å². The first-order valence-electron chi connectivity index (χ1n) is 11.5. The zero-order chi connectivity index (χ0) is 27.2. The van der Waals surface area contributed by atoms with Crippen molar-refractivity contribution < 1.29 is 47.6 Å². The summed E-state index contributed by atoms with van der Waals surface area (Å²) in [5, 5.41) is 18.2. The van der Waals surface area contributed by atoms with Crippen molar-refractivity contribution in [2.45, 2.75) is 33.0 Å². The summed E-state index contributed by atoms with van der Waals surface area (Å²) in [7, 11) is 1.29. The molecule has 2 N–H and O–H groups in total. The van der Waals surface area contributed by atoms with Crippen LogP contribution in [0.25, 0.3) is 0 Å². The minimum Gasteiger partial charge on any atom is -0.486 e. The zero-order valence-electron chi connectivity index (χ0n) is 20.7. The van der Waals surface area contributed by atoms with Crippen LogP contribution >= 0.6 is 0 Å². The van der Waals surface area contributed by atoms with Crippen molar-refractivity contribution in [2.75, 3.05) is 7.11 Å². The molecule has 4 rings (SSSR count). The molecule has 0 saturated carbocycles. The van der Waals surface area contributed by atoms with Crippen LogP contribution in [0.3, 0.4) is 0 Å². The highest BCUT2D eigenvalue weighted by atomic mass is 16.5. The Morgan fingerprint density at radius 2 is 1.34 bits per heavy atom. The van der Waals surface area contributed by atoms with Gasteiger partial charge in [0.2, 0.25) is 0 Å². The van der Waals surface area contributed by atoms with E-state index in [9.17, 15) is 9.59 Å². The average molecular weight is 525 g/mol. The second-order valence-electron chi connectivity index (χ2n) is 7.80. The van der Waals surface area contributed by atoms with Crippen molar-refractivity contribution >= 4 is 12.4 Å². The Morgan fingerprint density at radius 3 is 1.82 bits per heavy atom. The molecule has 0 bridgehead atoms. The number of aliphatic hydroxyl groups is 2. The maximum absolute atomic E-state index is 11.6. The van der Waals surface area contributed by atoms with E-state index < -0.39 is 5.97 Å². The first kappa shape index (κ1) is 28.0. The quantitative estimate of drug-likeness (QED) is 0.205. The maximum Gasteiger partial charge on any atom is 0.337 e. The molecular formula is C28H28O10. The molecule has 0 spiro atoms. The number of carbonyl (C=O) groups excluding carboxylic acids is 2. The normalized spacial score (nSPS) is 10.2. The maximum atomic E-state index is 11.6. The van der Waals surface area contributed by atoms with Crippen LogP contribution in [0.4, 0.5) is 0 Å². The molecule has 0 aliphatic rings. The third kappa shape index (κ3) is 8.84. The molecule has 0 atom stereocenters. The molecule has 0 amide bonds. The van der Waals surface area contributed by atoms with E-state index in [2.05, 4.69) is 9.47 Å². The monoisotopic (exact) mass is 524 g/mol. The van der Waals surface area contributed by atoms with Crippen molar-refractivity contribution in [3.63, 3.8) is 0 Å². The predicted molar refractivity (Wildman–Crippen MR) is 133 cm³/mol. The molecule has 38 heavy (non-hydrogen) atoms. The lowest BCUT2D eigenvalue weighted by atomic mass is 10.1. The Morgan fingerprint density at radius 1 is 0.789 bits per heavy atom. The largest absolute Gasteiger partial charge is 0.486 e. The lowest BCUT2D eigenvalue weighted by molar-refractivity contribution is -0.129. The van der Waals surface area contributed by atoms with E-state index in [-0.39, 0.29) is 26.4 Å². The minimum atomic E-state index is -0.495. The van der Waals surface area contributed by atoms with Crippen molar-refractivity contribution in [2.24, 2.45) is 0 Å². The average Bonchev–Trinajstić information content (AvgIpc) is 3.68. The Bertz CT molecular complexity index is 1240. The number of benzene rings is 2. The van der Waals surface area contributed by atoms with Crippen molar-refractivity contribution in [3.05, 3.63) is 107 Å². The van der Waals surface area contributed by atoms with Crippen LogP contribution in [0.1, 0.15) is 38.6 Å². The number of furan rings is 2. The highest BCUT2D eigenvalue weighted by Gasteiger charge is 2.11. The summed E-state index contributed by atoms with van der Waals surface area (Å²) < 4.78 is 30.8. The van der Waals surface area contributed by atoms with Gasteiger partial charge in [0.15, 0.2) is 0 Å². The molecule has 200 valence electrons. The number of carbonyl (C=O) groups is 2. The summed E-state index contributed by atoms with van der Waals surface area (Å²) in [5.41, 5.74) is 2.37. The third-order valence-electron chi connectivity index (χ3n) is 5.02. The lowest BCUT2D eigenvalue weighted by Gasteiger charge is -2.09. The van der Waals surface area contributed by atoms with E-state index in [4.69, 9.17) is 28.5 Å². The van der Waals surface area contributed by atoms with Crippen LogP contribution in [-0.2, 0) is 47.3 Å². The van der Waals surface area contributed by atoms with Crippen LogP contribution in [0.15, 0.2) is 82.0 Å². The van der Waals surface area contributed by atoms with Crippen LogP contribution in [0.2, 0.25) is 0 Å². The van der Waals surface area contributed by atoms with Gasteiger partial charge in [-0.25, -0.2) is 4.79 Å². The molecule has 10 heteroatoms. The first-order valence-corrected chi connectivity index (χ1v) is 11.5. The molecule has 0 fully saturated rings. The lowest BCUT2D eigenvalue weighted by Crippen LogP contribution is -2.04. The summed E-state index contributed by atoms with van der Waals surface area (Å²) in [6.07, 6.45) is 3.13. The molecule has 0 unspecified atom stereocenters. The number of hydrogen-bond donors (Lipinski definition) is 2. The van der Waals surface area contributed by atoms with E-state index in [0.717, 1.165) is 5.76 Å². The smallest absolute Gasteiger partial charge is 0.337 e. The number of methoxy groups -OCH3 is 1. The Kier molecular flexibility index (Phi) is 11.0. The summed E-state index contributed by atoms with van der Waals surface area (Å²) >= 11 is 0. The molecule has 2 heterocycles. The second-order valence-corrected chi connectivity index (χ2v) is 7.80. The zero-order valence-corrected chi connectivity index (χ0v) is 20.7. The molecule has 2 aromatic carbocycles. The van der Waals surface area contributed by atoms with Gasteiger partial charge in [0.05, 0.1) is 38.4 Å². The Balaban J connectivity index is 0.000000215. The van der Waals surface area contributed by atoms with Gasteiger partial charge in [0, 0.05) is 0 Å². The fourth-order valence-corrected chi connectivity index (χ4v) is 3.29. The van der Waals surface area contributed by atoms with E-state index >= 15 is 0 Å². The molecular weight excluding hydrogens is 496 g/mol. The van der Waals surface area contributed by atoms with Crippen LogP contribution < -0.4 is 9.47 Å². The first-order chi connectivity index (χ1) is 18.5. The van der Waals surface area contributed by atoms with Gasteiger partial charge in [-0.2, -0.15) is 0 Å². The minimum absolute atomic E-state index is 0.0471. The topological polar surface area (TPSA) is 138 Å². The van der Waals surface area contributed by atoms with E-state index in [1.807, 2.05) is 6.07 Å². The van der Waals surface area contributed by atoms with Gasteiger partial charge in [-0.15, -0.1) is 0 Å². The molecule has 0 aliphatic heterocycles. The summed E-state index contributed by atoms with van der Waals surface area (Å²) in [6, 6.07) is 17.2. The van der Waals surface area contributed by atoms with Gasteiger partial charge in [-0.3, -0.25) is 4.79 Å². The predicted octanol–water partition coefficient (Wildman–Crippen LogP) is 4.16. The van der Waals surface area contributed by atoms with Gasteiger partial charge in [-0.1, -0.05) is 6.07 Å². The fourth-order valence-electron chi connectivity index (χ4n) is 3.29. The third-order valence-corrected chi connectivity index (χ3v) is 5.02. The van der Waals surface area contributed by atoms with E-state index in [1.165, 1.54) is 7.11 Å². The van der Waals surface area contributed by atoms with Gasteiger partial charge in [0.1, 0.15) is 42.8 Å². The van der Waals surface area contributed by atoms with Gasteiger partial charge < -0.3 is 38.0 Å². The van der Waals surface area contributed by atoms with Crippen molar-refractivity contribution in [3.8, 4) is 11.5 Å². The number of ether oxygens (including phenoxy) is 4. The number of aliphatic hydroxyl groups excluding tert-OH is 2. The summed E-state index contributed by atoms with van der Waals surface area (Å²) in [6.45, 7) is 0.786. The van der Waals surface area contributed by atoms with Crippen molar-refractivity contribution in [1.29, 1.82) is 0 Å². The Hall–Kier alpha value is -4.54. The molecule has 0 radical (unpaired) electrons. The van der Waals surface area contributed by atoms with Gasteiger partial charge in [0.25, 0.3) is 6.47 Å². The fraction of sp³-hybridized carbons (Fsp3) is 0.214. The molecule has 0 aliphatic carbocycles. The summed E-state index contributed by atoms with van der Waals surface area (Å²) in [5.74, 6) is 1.95. The standard InChI is InChI=1S/C15H14O6.C13H14O4/c1-18-15(17)12-5-11(8-19-10-16)6-14(7-12)21-9-13-3-2-4-20-13;14-7-10-4-11(8-15)6-13(5-10)17-9-12-2-1-3-16-12/h2-7,10H,8-9H2,1H3;1-6,14-15H,7-9H2. The van der Waals surface area contributed by atoms with Crippen molar-refractivity contribution in [1.82, 2.24) is 0 Å². The highest BCUT2D eigenvalue weighted by molar-refractivity contribution is 5.90. The highest BCUT2D eigenvalue weighted by Crippen LogP contribution is 2.21. The molecule has 10 nitrogen and oxygen atoms in total.